The first-order valence-corrected chi connectivity index (χ1v) is 18.9. The third-order valence-electron chi connectivity index (χ3n) is 11.1. The van der Waals surface area contributed by atoms with Gasteiger partial charge in [0, 0.05) is 34.1 Å². The fraction of sp³-hybridized carbons (Fsp3) is 0.375. The van der Waals surface area contributed by atoms with Gasteiger partial charge >= 0.3 is 0 Å². The summed E-state index contributed by atoms with van der Waals surface area (Å²) in [7, 11) is 0. The lowest BCUT2D eigenvalue weighted by molar-refractivity contribution is 0.589. The maximum atomic E-state index is 2.58. The maximum absolute atomic E-state index is 2.58. The average Bonchev–Trinajstić information content (AvgIpc) is 3.01. The molecule has 0 bridgehead atoms. The van der Waals surface area contributed by atoms with E-state index in [9.17, 15) is 0 Å². The molecule has 2 heterocycles. The van der Waals surface area contributed by atoms with Gasteiger partial charge in [0.05, 0.1) is 0 Å². The first kappa shape index (κ1) is 35.2. The summed E-state index contributed by atoms with van der Waals surface area (Å²) in [6.07, 6.45) is 0. The number of fused-ring (bicyclic) bond motifs is 4. The summed E-state index contributed by atoms with van der Waals surface area (Å²) in [5, 5.41) is 0. The Balaban J connectivity index is 1.59. The Morgan fingerprint density at radius 1 is 0.392 bits per heavy atom. The van der Waals surface area contributed by atoms with Gasteiger partial charge in [0.15, 0.2) is 0 Å². The zero-order valence-electron chi connectivity index (χ0n) is 33.6. The van der Waals surface area contributed by atoms with E-state index in [0.29, 0.717) is 0 Å². The summed E-state index contributed by atoms with van der Waals surface area (Å²) in [5.41, 5.74) is 19.7. The van der Waals surface area contributed by atoms with Crippen molar-refractivity contribution in [3.05, 3.63) is 124 Å². The summed E-state index contributed by atoms with van der Waals surface area (Å²) in [5.74, 6) is 0. The predicted molar refractivity (Wildman–Crippen MR) is 225 cm³/mol. The molecule has 2 nitrogen and oxygen atoms in total. The van der Waals surface area contributed by atoms with Crippen molar-refractivity contribution in [2.75, 3.05) is 9.80 Å². The van der Waals surface area contributed by atoms with Crippen LogP contribution in [0.3, 0.4) is 0 Å². The summed E-state index contributed by atoms with van der Waals surface area (Å²) in [4.78, 5) is 5.15. The fourth-order valence-corrected chi connectivity index (χ4v) is 8.07. The zero-order chi connectivity index (χ0) is 37.0. The Kier molecular flexibility index (Phi) is 8.03. The van der Waals surface area contributed by atoms with E-state index >= 15 is 0 Å². The van der Waals surface area contributed by atoms with E-state index in [4.69, 9.17) is 0 Å². The molecule has 2 aliphatic heterocycles. The van der Waals surface area contributed by atoms with E-state index in [1.165, 1.54) is 83.9 Å². The Bertz CT molecular complexity index is 2030. The van der Waals surface area contributed by atoms with Crippen molar-refractivity contribution in [3.8, 4) is 0 Å². The van der Waals surface area contributed by atoms with Crippen LogP contribution in [-0.4, -0.2) is 6.71 Å². The van der Waals surface area contributed by atoms with Gasteiger partial charge in [-0.1, -0.05) is 126 Å². The molecule has 0 aliphatic carbocycles. The van der Waals surface area contributed by atoms with Gasteiger partial charge < -0.3 is 9.80 Å². The molecule has 0 spiro atoms. The molecule has 0 radical (unpaired) electrons. The Labute approximate surface area is 309 Å². The SMILES string of the molecule is Cc1cc(N2c3cc(C(C)(C)C)ccc3B3c4ccc(C(C)(C)C)cc4N(c4cc(C)cc(C(C)(C)C)c4)c4cccc2c43)cc(C(C)(C)C)c1. The lowest BCUT2D eigenvalue weighted by Crippen LogP contribution is -2.61. The maximum Gasteiger partial charge on any atom is 0.252 e. The van der Waals surface area contributed by atoms with E-state index in [1.807, 2.05) is 0 Å². The summed E-state index contributed by atoms with van der Waals surface area (Å²) in [6.45, 7) is 32.5. The molecule has 2 aliphatic rings. The van der Waals surface area contributed by atoms with Crippen LogP contribution in [0.1, 0.15) is 116 Å². The Morgan fingerprint density at radius 3 is 1.12 bits per heavy atom. The number of hydrogen-bond acceptors (Lipinski definition) is 2. The number of nitrogens with zero attached hydrogens (tertiary/aromatic N) is 2. The first-order chi connectivity index (χ1) is 23.6. The molecule has 0 unspecified atom stereocenters. The second-order valence-corrected chi connectivity index (χ2v) is 19.5. The van der Waals surface area contributed by atoms with Gasteiger partial charge in [-0.15, -0.1) is 0 Å². The molecule has 3 heteroatoms. The van der Waals surface area contributed by atoms with Crippen molar-refractivity contribution in [2.45, 2.75) is 119 Å². The monoisotopic (exact) mass is 672 g/mol. The highest BCUT2D eigenvalue weighted by Gasteiger charge is 2.44. The largest absolute Gasteiger partial charge is 0.311 e. The molecule has 0 amide bonds. The van der Waals surface area contributed by atoms with Crippen LogP contribution in [0.25, 0.3) is 0 Å². The number of rotatable bonds is 2. The quantitative estimate of drug-likeness (QED) is 0.169. The van der Waals surface area contributed by atoms with Gasteiger partial charge in [-0.3, -0.25) is 0 Å². The fourth-order valence-electron chi connectivity index (χ4n) is 8.07. The predicted octanol–water partition coefficient (Wildman–Crippen LogP) is 11.6. The number of hydrogen-bond donors (Lipinski definition) is 0. The number of aryl methyl sites for hydroxylation is 2. The minimum absolute atomic E-state index is 0.0187. The van der Waals surface area contributed by atoms with Crippen LogP contribution in [0.4, 0.5) is 34.1 Å². The lowest BCUT2D eigenvalue weighted by atomic mass is 9.33. The van der Waals surface area contributed by atoms with E-state index in [0.717, 1.165) is 0 Å². The van der Waals surface area contributed by atoms with Crippen LogP contribution >= 0.6 is 0 Å². The summed E-state index contributed by atoms with van der Waals surface area (Å²) >= 11 is 0. The van der Waals surface area contributed by atoms with Gasteiger partial charge in [0.25, 0.3) is 6.71 Å². The molecule has 0 N–H and O–H groups in total. The highest BCUT2D eigenvalue weighted by atomic mass is 15.2. The molecule has 0 fully saturated rings. The topological polar surface area (TPSA) is 6.48 Å². The third-order valence-corrected chi connectivity index (χ3v) is 11.1. The average molecular weight is 673 g/mol. The highest BCUT2D eigenvalue weighted by Crippen LogP contribution is 2.46. The molecule has 0 saturated heterocycles. The van der Waals surface area contributed by atoms with Crippen molar-refractivity contribution in [2.24, 2.45) is 0 Å². The van der Waals surface area contributed by atoms with E-state index < -0.39 is 0 Å². The smallest absolute Gasteiger partial charge is 0.252 e. The standard InChI is InChI=1S/C48H57BN2/c1-30-22-34(47(9,10)11)26-36(24-30)50-40-16-15-17-41-44(40)49(38-20-18-32(28-42(38)50)45(3,4)5)39-21-19-33(46(6,7)8)29-43(39)51(41)37-25-31(2)23-35(27-37)48(12,13)14/h15-29H,1-14H3. The molecular formula is C48H57BN2. The minimum atomic E-state index is 0.0187. The van der Waals surface area contributed by atoms with Crippen molar-refractivity contribution in [1.82, 2.24) is 0 Å². The zero-order valence-corrected chi connectivity index (χ0v) is 33.6. The summed E-state index contributed by atoms with van der Waals surface area (Å²) in [6, 6.07) is 36.0. The molecule has 0 aromatic heterocycles. The van der Waals surface area contributed by atoms with Crippen molar-refractivity contribution < 1.29 is 0 Å². The van der Waals surface area contributed by atoms with E-state index in [1.54, 1.807) is 0 Å². The van der Waals surface area contributed by atoms with E-state index in [-0.39, 0.29) is 28.4 Å². The molecular weight excluding hydrogens is 615 g/mol. The van der Waals surface area contributed by atoms with Crippen LogP contribution in [0.5, 0.6) is 0 Å². The van der Waals surface area contributed by atoms with E-state index in [2.05, 4.69) is 198 Å². The first-order valence-electron chi connectivity index (χ1n) is 18.9. The van der Waals surface area contributed by atoms with Gasteiger partial charge in [0.2, 0.25) is 0 Å². The van der Waals surface area contributed by atoms with Gasteiger partial charge in [-0.25, -0.2) is 0 Å². The molecule has 5 aromatic carbocycles. The molecule has 262 valence electrons. The minimum Gasteiger partial charge on any atom is -0.311 e. The normalized spacial score (nSPS) is 14.4. The lowest BCUT2D eigenvalue weighted by Gasteiger charge is -2.45. The van der Waals surface area contributed by atoms with Crippen molar-refractivity contribution in [1.29, 1.82) is 0 Å². The molecule has 0 atom stereocenters. The van der Waals surface area contributed by atoms with Crippen molar-refractivity contribution in [3.63, 3.8) is 0 Å². The van der Waals surface area contributed by atoms with Gasteiger partial charge in [0.1, 0.15) is 0 Å². The van der Waals surface area contributed by atoms with Crippen LogP contribution in [-0.2, 0) is 21.7 Å². The van der Waals surface area contributed by atoms with Crippen LogP contribution in [0.15, 0.2) is 91.0 Å². The second-order valence-electron chi connectivity index (χ2n) is 19.5. The van der Waals surface area contributed by atoms with Gasteiger partial charge in [-0.2, -0.15) is 0 Å². The number of benzene rings is 5. The third kappa shape index (κ3) is 6.11. The van der Waals surface area contributed by atoms with Crippen LogP contribution in [0, 0.1) is 13.8 Å². The second kappa shape index (κ2) is 11.6. The molecule has 0 saturated carbocycles. The highest BCUT2D eigenvalue weighted by molar-refractivity contribution is 7.00. The summed E-state index contributed by atoms with van der Waals surface area (Å²) < 4.78 is 0. The Morgan fingerprint density at radius 2 is 0.765 bits per heavy atom. The molecule has 7 rings (SSSR count). The Hall–Kier alpha value is -4.24. The van der Waals surface area contributed by atoms with Crippen LogP contribution < -0.4 is 26.2 Å². The van der Waals surface area contributed by atoms with Crippen LogP contribution in [0.2, 0.25) is 0 Å². The molecule has 5 aromatic rings. The molecule has 51 heavy (non-hydrogen) atoms. The van der Waals surface area contributed by atoms with Crippen molar-refractivity contribution >= 4 is 57.2 Å². The van der Waals surface area contributed by atoms with Gasteiger partial charge in [-0.05, 0) is 134 Å². The number of anilines is 6.